The summed E-state index contributed by atoms with van der Waals surface area (Å²) in [5.41, 5.74) is -2.44. The summed E-state index contributed by atoms with van der Waals surface area (Å²) in [5.74, 6) is -2.35. The predicted molar refractivity (Wildman–Crippen MR) is 57.8 cm³/mol. The summed E-state index contributed by atoms with van der Waals surface area (Å²) < 4.78 is 37.0. The molecule has 18 heavy (non-hydrogen) atoms. The fourth-order valence-corrected chi connectivity index (χ4v) is 1.49. The molecule has 1 aromatic rings. The van der Waals surface area contributed by atoms with Gasteiger partial charge in [0.1, 0.15) is 0 Å². The summed E-state index contributed by atoms with van der Waals surface area (Å²) in [6.45, 7) is 2.55. The second kappa shape index (κ2) is 4.61. The molecule has 0 saturated carbocycles. The number of alkyl halides is 3. The quantitative estimate of drug-likeness (QED) is 0.880. The first kappa shape index (κ1) is 14.5. The lowest BCUT2D eigenvalue weighted by molar-refractivity contribution is -0.150. The fourth-order valence-electron chi connectivity index (χ4n) is 1.49. The van der Waals surface area contributed by atoms with E-state index >= 15 is 0 Å². The summed E-state index contributed by atoms with van der Waals surface area (Å²) in [7, 11) is 0. The lowest BCUT2D eigenvalue weighted by atomic mass is 9.84. The number of aliphatic hydroxyl groups is 1. The number of benzene rings is 1. The van der Waals surface area contributed by atoms with Gasteiger partial charge in [-0.25, -0.2) is 0 Å². The van der Waals surface area contributed by atoms with Gasteiger partial charge in [-0.2, -0.15) is 13.2 Å². The first-order valence-corrected chi connectivity index (χ1v) is 5.19. The molecule has 2 unspecified atom stereocenters. The van der Waals surface area contributed by atoms with Crippen LogP contribution in [0.15, 0.2) is 24.3 Å². The number of halogens is 3. The van der Waals surface area contributed by atoms with Crippen LogP contribution in [0, 0.1) is 5.92 Å². The van der Waals surface area contributed by atoms with E-state index in [4.69, 9.17) is 5.11 Å². The van der Waals surface area contributed by atoms with Crippen molar-refractivity contribution in [2.75, 3.05) is 0 Å². The van der Waals surface area contributed by atoms with Crippen LogP contribution in [0.5, 0.6) is 0 Å². The molecule has 1 rings (SSSR count). The lowest BCUT2D eigenvalue weighted by Gasteiger charge is -2.28. The second-order valence-electron chi connectivity index (χ2n) is 4.28. The zero-order valence-electron chi connectivity index (χ0n) is 9.82. The summed E-state index contributed by atoms with van der Waals surface area (Å²) in [5, 5.41) is 18.9. The number of aliphatic carboxylic acids is 1. The van der Waals surface area contributed by atoms with E-state index in [1.807, 2.05) is 0 Å². The number of rotatable bonds is 3. The van der Waals surface area contributed by atoms with Crippen LogP contribution in [0.4, 0.5) is 13.2 Å². The molecular weight excluding hydrogens is 249 g/mol. The average Bonchev–Trinajstić information content (AvgIpc) is 2.26. The van der Waals surface area contributed by atoms with Gasteiger partial charge >= 0.3 is 12.1 Å². The van der Waals surface area contributed by atoms with Crippen LogP contribution in [0.3, 0.4) is 0 Å². The number of carboxylic acid groups (broad SMARTS) is 1. The van der Waals surface area contributed by atoms with E-state index in [0.29, 0.717) is 0 Å². The minimum Gasteiger partial charge on any atom is -0.481 e. The normalized spacial score (nSPS) is 17.0. The highest BCUT2D eigenvalue weighted by Crippen LogP contribution is 2.33. The third kappa shape index (κ3) is 2.81. The molecule has 0 aromatic heterocycles. The SMILES string of the molecule is CC(C(=O)O)C(C)(O)c1ccc(C(F)(F)F)cc1. The number of hydrogen-bond donors (Lipinski definition) is 2. The molecule has 0 amide bonds. The molecule has 0 aliphatic rings. The monoisotopic (exact) mass is 262 g/mol. The van der Waals surface area contributed by atoms with Crippen molar-refractivity contribution in [3.63, 3.8) is 0 Å². The minimum atomic E-state index is -4.46. The van der Waals surface area contributed by atoms with Gasteiger partial charge in [-0.05, 0) is 31.5 Å². The summed E-state index contributed by atoms with van der Waals surface area (Å²) in [6, 6.07) is 3.81. The highest BCUT2D eigenvalue weighted by Gasteiger charge is 2.36. The van der Waals surface area contributed by atoms with Crippen molar-refractivity contribution < 1.29 is 28.2 Å². The summed E-state index contributed by atoms with van der Waals surface area (Å²) >= 11 is 0. The molecule has 0 bridgehead atoms. The van der Waals surface area contributed by atoms with Gasteiger partial charge < -0.3 is 10.2 Å². The largest absolute Gasteiger partial charge is 0.481 e. The highest BCUT2D eigenvalue weighted by atomic mass is 19.4. The van der Waals surface area contributed by atoms with Crippen LogP contribution in [-0.2, 0) is 16.6 Å². The molecule has 0 saturated heterocycles. The Labute approximate surface area is 102 Å². The van der Waals surface area contributed by atoms with E-state index in [0.717, 1.165) is 24.3 Å². The van der Waals surface area contributed by atoms with Crippen molar-refractivity contribution in [1.82, 2.24) is 0 Å². The van der Waals surface area contributed by atoms with Crippen LogP contribution < -0.4 is 0 Å². The van der Waals surface area contributed by atoms with E-state index in [1.54, 1.807) is 0 Å². The van der Waals surface area contributed by atoms with E-state index < -0.39 is 29.2 Å². The van der Waals surface area contributed by atoms with Crippen molar-refractivity contribution in [1.29, 1.82) is 0 Å². The third-order valence-electron chi connectivity index (χ3n) is 3.01. The van der Waals surface area contributed by atoms with Gasteiger partial charge in [-0.15, -0.1) is 0 Å². The molecule has 0 aliphatic heterocycles. The minimum absolute atomic E-state index is 0.130. The maximum absolute atomic E-state index is 12.3. The molecule has 3 nitrogen and oxygen atoms in total. The average molecular weight is 262 g/mol. The van der Waals surface area contributed by atoms with Crippen LogP contribution in [0.2, 0.25) is 0 Å². The Kier molecular flexibility index (Phi) is 3.71. The van der Waals surface area contributed by atoms with Gasteiger partial charge in [0, 0.05) is 0 Å². The molecule has 0 radical (unpaired) electrons. The zero-order valence-corrected chi connectivity index (χ0v) is 9.82. The smallest absolute Gasteiger partial charge is 0.416 e. The van der Waals surface area contributed by atoms with Gasteiger partial charge in [0.25, 0.3) is 0 Å². The second-order valence-corrected chi connectivity index (χ2v) is 4.28. The van der Waals surface area contributed by atoms with Gasteiger partial charge in [-0.1, -0.05) is 12.1 Å². The van der Waals surface area contributed by atoms with E-state index in [-0.39, 0.29) is 5.56 Å². The van der Waals surface area contributed by atoms with E-state index in [9.17, 15) is 23.1 Å². The third-order valence-corrected chi connectivity index (χ3v) is 3.01. The molecule has 2 N–H and O–H groups in total. The Morgan fingerprint density at radius 2 is 1.56 bits per heavy atom. The maximum atomic E-state index is 12.3. The summed E-state index contributed by atoms with van der Waals surface area (Å²) in [6.07, 6.45) is -4.46. The first-order chi connectivity index (χ1) is 8.06. The molecule has 6 heteroatoms. The van der Waals surface area contributed by atoms with E-state index in [1.165, 1.54) is 13.8 Å². The Bertz CT molecular complexity index is 435. The zero-order chi connectivity index (χ0) is 14.1. The van der Waals surface area contributed by atoms with Crippen LogP contribution in [0.1, 0.15) is 25.0 Å². The number of carbonyl (C=O) groups is 1. The topological polar surface area (TPSA) is 57.5 Å². The fraction of sp³-hybridized carbons (Fsp3) is 0.417. The van der Waals surface area contributed by atoms with Crippen molar-refractivity contribution in [2.24, 2.45) is 5.92 Å². The molecule has 100 valence electrons. The standard InChI is InChI=1S/C12H13F3O3/c1-7(10(16)17)11(2,18)8-3-5-9(6-4-8)12(13,14)15/h3-7,18H,1-2H3,(H,16,17). The van der Waals surface area contributed by atoms with Crippen LogP contribution in [-0.4, -0.2) is 16.2 Å². The maximum Gasteiger partial charge on any atom is 0.416 e. The van der Waals surface area contributed by atoms with Gasteiger partial charge in [0.05, 0.1) is 17.1 Å². The van der Waals surface area contributed by atoms with Crippen LogP contribution in [0.25, 0.3) is 0 Å². The van der Waals surface area contributed by atoms with Crippen molar-refractivity contribution >= 4 is 5.97 Å². The van der Waals surface area contributed by atoms with Crippen molar-refractivity contribution in [3.05, 3.63) is 35.4 Å². The molecule has 1 aromatic carbocycles. The number of hydrogen-bond acceptors (Lipinski definition) is 2. The molecule has 0 spiro atoms. The van der Waals surface area contributed by atoms with Gasteiger partial charge in [-0.3, -0.25) is 4.79 Å². The Morgan fingerprint density at radius 1 is 1.17 bits per heavy atom. The van der Waals surface area contributed by atoms with Crippen LogP contribution >= 0.6 is 0 Å². The molecule has 2 atom stereocenters. The van der Waals surface area contributed by atoms with Crippen molar-refractivity contribution in [2.45, 2.75) is 25.6 Å². The molecule has 0 fully saturated rings. The van der Waals surface area contributed by atoms with Crippen molar-refractivity contribution in [3.8, 4) is 0 Å². The highest BCUT2D eigenvalue weighted by molar-refractivity contribution is 5.71. The van der Waals surface area contributed by atoms with E-state index in [2.05, 4.69) is 0 Å². The molecular formula is C12H13F3O3. The molecule has 0 aliphatic carbocycles. The Hall–Kier alpha value is -1.56. The molecule has 0 heterocycles. The first-order valence-electron chi connectivity index (χ1n) is 5.19. The Balaban J connectivity index is 3.08. The lowest BCUT2D eigenvalue weighted by Crippen LogP contribution is -2.35. The van der Waals surface area contributed by atoms with Gasteiger partial charge in [0.15, 0.2) is 0 Å². The predicted octanol–water partition coefficient (Wildman–Crippen LogP) is 2.63. The number of carboxylic acids is 1. The summed E-state index contributed by atoms with van der Waals surface area (Å²) in [4.78, 5) is 10.8. The Morgan fingerprint density at radius 3 is 1.89 bits per heavy atom. The van der Waals surface area contributed by atoms with Gasteiger partial charge in [0.2, 0.25) is 0 Å².